The van der Waals surface area contributed by atoms with Crippen LogP contribution in [0.4, 0.5) is 5.69 Å². The highest BCUT2D eigenvalue weighted by molar-refractivity contribution is 7.17. The summed E-state index contributed by atoms with van der Waals surface area (Å²) in [4.78, 5) is 26.8. The number of aromatic nitrogens is 1. The normalized spacial score (nSPS) is 10.7. The fourth-order valence-electron chi connectivity index (χ4n) is 2.04. The van der Waals surface area contributed by atoms with E-state index >= 15 is 0 Å². The van der Waals surface area contributed by atoms with Crippen LogP contribution in [0, 0.1) is 6.92 Å². The molecule has 0 aliphatic rings. The molecule has 0 unspecified atom stereocenters. The SMILES string of the molecule is Cc1ccc(NC(=O)c2c(O)c3sccc3[nH]c2=O)cc1. The van der Waals surface area contributed by atoms with Crippen molar-refractivity contribution >= 4 is 33.1 Å². The van der Waals surface area contributed by atoms with Gasteiger partial charge in [0.1, 0.15) is 5.56 Å². The van der Waals surface area contributed by atoms with Gasteiger partial charge in [-0.25, -0.2) is 0 Å². The minimum absolute atomic E-state index is 0.273. The molecule has 6 heteroatoms. The van der Waals surface area contributed by atoms with Crippen LogP contribution < -0.4 is 10.9 Å². The maximum Gasteiger partial charge on any atom is 0.265 e. The van der Waals surface area contributed by atoms with E-state index in [0.717, 1.165) is 5.56 Å². The van der Waals surface area contributed by atoms with Gasteiger partial charge in [-0.15, -0.1) is 11.3 Å². The number of rotatable bonds is 2. The first kappa shape index (κ1) is 13.4. The van der Waals surface area contributed by atoms with Crippen LogP contribution in [-0.2, 0) is 0 Å². The summed E-state index contributed by atoms with van der Waals surface area (Å²) in [6, 6.07) is 8.86. The van der Waals surface area contributed by atoms with Crippen LogP contribution in [0.1, 0.15) is 15.9 Å². The van der Waals surface area contributed by atoms with E-state index in [9.17, 15) is 14.7 Å². The van der Waals surface area contributed by atoms with Gasteiger partial charge in [-0.1, -0.05) is 17.7 Å². The van der Waals surface area contributed by atoms with Crippen molar-refractivity contribution in [1.82, 2.24) is 4.98 Å². The molecule has 3 aromatic rings. The molecule has 0 saturated heterocycles. The molecule has 0 saturated carbocycles. The van der Waals surface area contributed by atoms with Gasteiger partial charge in [-0.3, -0.25) is 9.59 Å². The number of anilines is 1. The molecule has 2 heterocycles. The highest BCUT2D eigenvalue weighted by atomic mass is 32.1. The minimum Gasteiger partial charge on any atom is -0.505 e. The Morgan fingerprint density at radius 3 is 2.67 bits per heavy atom. The molecule has 0 bridgehead atoms. The van der Waals surface area contributed by atoms with Crippen LogP contribution in [-0.4, -0.2) is 16.0 Å². The molecule has 0 radical (unpaired) electrons. The van der Waals surface area contributed by atoms with E-state index < -0.39 is 11.5 Å². The molecule has 21 heavy (non-hydrogen) atoms. The maximum absolute atomic E-state index is 12.2. The van der Waals surface area contributed by atoms with Crippen LogP contribution in [0.2, 0.25) is 0 Å². The van der Waals surface area contributed by atoms with Gasteiger partial charge < -0.3 is 15.4 Å². The van der Waals surface area contributed by atoms with Crippen LogP contribution in [0.5, 0.6) is 5.75 Å². The summed E-state index contributed by atoms with van der Waals surface area (Å²) in [5, 5.41) is 14.5. The monoisotopic (exact) mass is 300 g/mol. The molecule has 2 aromatic heterocycles. The van der Waals surface area contributed by atoms with Crippen molar-refractivity contribution in [2.24, 2.45) is 0 Å². The summed E-state index contributed by atoms with van der Waals surface area (Å²) in [6.45, 7) is 1.94. The zero-order valence-electron chi connectivity index (χ0n) is 11.1. The van der Waals surface area contributed by atoms with Crippen LogP contribution in [0.25, 0.3) is 10.2 Å². The van der Waals surface area contributed by atoms with Crippen molar-refractivity contribution in [3.8, 4) is 5.75 Å². The maximum atomic E-state index is 12.2. The Morgan fingerprint density at radius 2 is 1.95 bits per heavy atom. The second-order valence-corrected chi connectivity index (χ2v) is 5.58. The predicted molar refractivity (Wildman–Crippen MR) is 83.2 cm³/mol. The van der Waals surface area contributed by atoms with Crippen molar-refractivity contribution in [2.75, 3.05) is 5.32 Å². The number of thiophene rings is 1. The van der Waals surface area contributed by atoms with Crippen molar-refractivity contribution < 1.29 is 9.90 Å². The van der Waals surface area contributed by atoms with Crippen LogP contribution in [0.15, 0.2) is 40.5 Å². The molecular weight excluding hydrogens is 288 g/mol. The highest BCUT2D eigenvalue weighted by Crippen LogP contribution is 2.29. The van der Waals surface area contributed by atoms with E-state index in [4.69, 9.17) is 0 Å². The van der Waals surface area contributed by atoms with Crippen LogP contribution in [0.3, 0.4) is 0 Å². The van der Waals surface area contributed by atoms with Gasteiger partial charge in [-0.2, -0.15) is 0 Å². The molecule has 1 aromatic carbocycles. The Labute approximate surface area is 123 Å². The minimum atomic E-state index is -0.632. The third kappa shape index (κ3) is 2.41. The van der Waals surface area contributed by atoms with Gasteiger partial charge in [0.15, 0.2) is 5.75 Å². The molecule has 5 nitrogen and oxygen atoms in total. The summed E-state index contributed by atoms with van der Waals surface area (Å²) in [7, 11) is 0. The second kappa shape index (κ2) is 5.06. The quantitative estimate of drug-likeness (QED) is 0.680. The van der Waals surface area contributed by atoms with E-state index in [0.29, 0.717) is 15.9 Å². The van der Waals surface area contributed by atoms with Gasteiger partial charge in [0.05, 0.1) is 10.2 Å². The van der Waals surface area contributed by atoms with Gasteiger partial charge in [0, 0.05) is 5.69 Å². The lowest BCUT2D eigenvalue weighted by Gasteiger charge is -2.07. The lowest BCUT2D eigenvalue weighted by Crippen LogP contribution is -2.23. The first-order valence-corrected chi connectivity index (χ1v) is 7.14. The van der Waals surface area contributed by atoms with Gasteiger partial charge in [0.25, 0.3) is 11.5 Å². The molecule has 3 N–H and O–H groups in total. The number of aryl methyl sites for hydroxylation is 1. The average molecular weight is 300 g/mol. The molecule has 0 aliphatic carbocycles. The summed E-state index contributed by atoms with van der Waals surface area (Å²) in [6.07, 6.45) is 0. The number of hydrogen-bond acceptors (Lipinski definition) is 4. The average Bonchev–Trinajstić information content (AvgIpc) is 2.90. The smallest absolute Gasteiger partial charge is 0.265 e. The van der Waals surface area contributed by atoms with Gasteiger partial charge >= 0.3 is 0 Å². The van der Waals surface area contributed by atoms with E-state index in [1.165, 1.54) is 11.3 Å². The lowest BCUT2D eigenvalue weighted by atomic mass is 10.2. The number of nitrogens with one attached hydrogen (secondary N) is 2. The predicted octanol–water partition coefficient (Wildman–Crippen LogP) is 2.86. The van der Waals surface area contributed by atoms with Crippen molar-refractivity contribution in [1.29, 1.82) is 0 Å². The van der Waals surface area contributed by atoms with Crippen molar-refractivity contribution in [3.63, 3.8) is 0 Å². The number of fused-ring (bicyclic) bond motifs is 1. The van der Waals surface area contributed by atoms with E-state index in [1.54, 1.807) is 23.6 Å². The first-order valence-electron chi connectivity index (χ1n) is 6.27. The van der Waals surface area contributed by atoms with E-state index in [-0.39, 0.29) is 11.3 Å². The molecule has 0 spiro atoms. The molecular formula is C15H12N2O3S. The van der Waals surface area contributed by atoms with E-state index in [2.05, 4.69) is 10.3 Å². The number of H-pyrrole nitrogens is 1. The highest BCUT2D eigenvalue weighted by Gasteiger charge is 2.19. The molecule has 1 amide bonds. The number of carbonyl (C=O) groups is 1. The first-order chi connectivity index (χ1) is 10.1. The standard InChI is InChI=1S/C15H12N2O3S/c1-8-2-4-9(5-3-8)16-14(19)11-12(18)13-10(6-7-21-13)17-15(11)20/h2-7H,1H3,(H,16,19)(H2,17,18,20). The van der Waals surface area contributed by atoms with Crippen molar-refractivity contribution in [2.45, 2.75) is 6.92 Å². The van der Waals surface area contributed by atoms with Crippen LogP contribution >= 0.6 is 11.3 Å². The number of pyridine rings is 1. The Morgan fingerprint density at radius 1 is 1.24 bits per heavy atom. The zero-order valence-corrected chi connectivity index (χ0v) is 12.0. The number of hydrogen-bond donors (Lipinski definition) is 3. The topological polar surface area (TPSA) is 82.2 Å². The molecule has 106 valence electrons. The largest absolute Gasteiger partial charge is 0.505 e. The molecule has 0 atom stereocenters. The van der Waals surface area contributed by atoms with Gasteiger partial charge in [-0.05, 0) is 30.5 Å². The summed E-state index contributed by atoms with van der Waals surface area (Å²) in [5.74, 6) is -0.915. The van der Waals surface area contributed by atoms with Crippen molar-refractivity contribution in [3.05, 3.63) is 57.2 Å². The Hall–Kier alpha value is -2.60. The Bertz CT molecular complexity index is 878. The number of aromatic hydroxyl groups is 1. The molecule has 3 rings (SSSR count). The molecule has 0 aliphatic heterocycles. The Balaban J connectivity index is 2.01. The third-order valence-electron chi connectivity index (χ3n) is 3.13. The fourth-order valence-corrected chi connectivity index (χ4v) is 2.84. The van der Waals surface area contributed by atoms with Gasteiger partial charge in [0.2, 0.25) is 0 Å². The fraction of sp³-hybridized carbons (Fsp3) is 0.0667. The zero-order chi connectivity index (χ0) is 15.0. The lowest BCUT2D eigenvalue weighted by molar-refractivity contribution is 0.102. The second-order valence-electron chi connectivity index (χ2n) is 4.66. The summed E-state index contributed by atoms with van der Waals surface area (Å²) >= 11 is 1.26. The van der Waals surface area contributed by atoms with E-state index in [1.807, 2.05) is 19.1 Å². The summed E-state index contributed by atoms with van der Waals surface area (Å²) < 4.78 is 0.489. The third-order valence-corrected chi connectivity index (χ3v) is 4.05. The number of aromatic amines is 1. The number of benzene rings is 1. The number of amides is 1. The number of carbonyl (C=O) groups excluding carboxylic acids is 1. The summed E-state index contributed by atoms with van der Waals surface area (Å²) in [5.41, 5.74) is 1.27. The Kier molecular flexibility index (Phi) is 3.23. The molecule has 0 fully saturated rings.